The van der Waals surface area contributed by atoms with Crippen molar-refractivity contribution >= 4 is 17.7 Å². The quantitative estimate of drug-likeness (QED) is 0.665. The highest BCUT2D eigenvalue weighted by Gasteiger charge is 2.25. The molecule has 0 aliphatic heterocycles. The monoisotopic (exact) mass is 243 g/mol. The Balaban J connectivity index is 4.17. The highest BCUT2D eigenvalue weighted by atomic mass is 32.2. The SMILES string of the molecule is C#CC(CC)(CC)NC(=O)CSC(C)CO. The van der Waals surface area contributed by atoms with Crippen molar-refractivity contribution in [2.45, 2.75) is 44.4 Å². The van der Waals surface area contributed by atoms with Crippen molar-refractivity contribution in [3.63, 3.8) is 0 Å². The summed E-state index contributed by atoms with van der Waals surface area (Å²) >= 11 is 1.43. The van der Waals surface area contributed by atoms with E-state index in [0.717, 1.165) is 12.8 Å². The molecule has 0 spiro atoms. The summed E-state index contributed by atoms with van der Waals surface area (Å²) < 4.78 is 0. The number of rotatable bonds is 7. The van der Waals surface area contributed by atoms with Crippen molar-refractivity contribution in [3.05, 3.63) is 0 Å². The summed E-state index contributed by atoms with van der Waals surface area (Å²) in [5.74, 6) is 2.93. The van der Waals surface area contributed by atoms with Crippen LogP contribution in [0.1, 0.15) is 33.6 Å². The van der Waals surface area contributed by atoms with Gasteiger partial charge >= 0.3 is 0 Å². The fraction of sp³-hybridized carbons (Fsp3) is 0.750. The van der Waals surface area contributed by atoms with Crippen LogP contribution in [-0.2, 0) is 4.79 Å². The van der Waals surface area contributed by atoms with Crippen LogP contribution < -0.4 is 5.32 Å². The van der Waals surface area contributed by atoms with Crippen LogP contribution in [0.15, 0.2) is 0 Å². The maximum absolute atomic E-state index is 11.6. The molecule has 16 heavy (non-hydrogen) atoms. The number of carbonyl (C=O) groups is 1. The van der Waals surface area contributed by atoms with E-state index in [9.17, 15) is 4.79 Å². The number of amides is 1. The summed E-state index contributed by atoms with van der Waals surface area (Å²) in [6.45, 7) is 5.89. The van der Waals surface area contributed by atoms with Gasteiger partial charge < -0.3 is 10.4 Å². The first kappa shape index (κ1) is 15.3. The molecule has 1 atom stereocenters. The zero-order valence-corrected chi connectivity index (χ0v) is 11.1. The van der Waals surface area contributed by atoms with Gasteiger partial charge in [0.05, 0.1) is 12.4 Å². The molecule has 3 nitrogen and oxygen atoms in total. The lowest BCUT2D eigenvalue weighted by Crippen LogP contribution is -2.47. The molecule has 1 unspecified atom stereocenters. The molecule has 0 bridgehead atoms. The maximum Gasteiger partial charge on any atom is 0.231 e. The van der Waals surface area contributed by atoms with E-state index in [0.29, 0.717) is 5.75 Å². The number of hydrogen-bond acceptors (Lipinski definition) is 3. The normalized spacial score (nSPS) is 12.9. The van der Waals surface area contributed by atoms with E-state index in [4.69, 9.17) is 11.5 Å². The van der Waals surface area contributed by atoms with Gasteiger partial charge in [-0.05, 0) is 12.8 Å². The predicted molar refractivity (Wildman–Crippen MR) is 69.3 cm³/mol. The third kappa shape index (κ3) is 4.91. The Kier molecular flexibility index (Phi) is 7.27. The third-order valence-corrected chi connectivity index (χ3v) is 3.77. The molecule has 0 saturated carbocycles. The Morgan fingerprint density at radius 3 is 2.50 bits per heavy atom. The van der Waals surface area contributed by atoms with Crippen molar-refractivity contribution in [1.82, 2.24) is 5.32 Å². The van der Waals surface area contributed by atoms with E-state index < -0.39 is 5.54 Å². The van der Waals surface area contributed by atoms with E-state index in [1.165, 1.54) is 11.8 Å². The minimum absolute atomic E-state index is 0.0630. The van der Waals surface area contributed by atoms with Gasteiger partial charge in [0.2, 0.25) is 5.91 Å². The zero-order valence-electron chi connectivity index (χ0n) is 10.2. The molecule has 92 valence electrons. The average molecular weight is 243 g/mol. The predicted octanol–water partition coefficient (Wildman–Crippen LogP) is 1.41. The highest BCUT2D eigenvalue weighted by Crippen LogP contribution is 2.15. The summed E-state index contributed by atoms with van der Waals surface area (Å²) in [4.78, 5) is 11.6. The molecule has 0 radical (unpaired) electrons. The summed E-state index contributed by atoms with van der Waals surface area (Å²) in [5.41, 5.74) is -0.514. The lowest BCUT2D eigenvalue weighted by atomic mass is 9.94. The molecule has 0 aliphatic carbocycles. The van der Waals surface area contributed by atoms with E-state index in [2.05, 4.69) is 11.2 Å². The lowest BCUT2D eigenvalue weighted by Gasteiger charge is -2.27. The molecule has 0 aromatic heterocycles. The van der Waals surface area contributed by atoms with Crippen molar-refractivity contribution < 1.29 is 9.90 Å². The topological polar surface area (TPSA) is 49.3 Å². The minimum Gasteiger partial charge on any atom is -0.395 e. The molecule has 2 N–H and O–H groups in total. The fourth-order valence-corrected chi connectivity index (χ4v) is 1.85. The summed E-state index contributed by atoms with van der Waals surface area (Å²) in [6, 6.07) is 0. The van der Waals surface area contributed by atoms with Gasteiger partial charge in [-0.1, -0.05) is 26.7 Å². The molecule has 0 saturated heterocycles. The molecule has 0 aromatic carbocycles. The van der Waals surface area contributed by atoms with Crippen molar-refractivity contribution in [1.29, 1.82) is 0 Å². The number of nitrogens with one attached hydrogen (secondary N) is 1. The lowest BCUT2D eigenvalue weighted by molar-refractivity contribution is -0.119. The molecular weight excluding hydrogens is 222 g/mol. The van der Waals surface area contributed by atoms with Gasteiger partial charge in [-0.3, -0.25) is 4.79 Å². The van der Waals surface area contributed by atoms with Crippen LogP contribution in [0.5, 0.6) is 0 Å². The second-order valence-corrected chi connectivity index (χ2v) is 5.21. The maximum atomic E-state index is 11.6. The molecule has 1 amide bonds. The van der Waals surface area contributed by atoms with E-state index in [1.807, 2.05) is 20.8 Å². The number of aliphatic hydroxyl groups excluding tert-OH is 1. The number of carbonyl (C=O) groups excluding carboxylic acids is 1. The second-order valence-electron chi connectivity index (χ2n) is 3.79. The standard InChI is InChI=1S/C12H21NO2S/c1-5-12(6-2,7-3)13-11(15)9-16-10(4)8-14/h1,10,14H,6-9H2,2-4H3,(H,13,15). The molecule has 0 aliphatic rings. The fourth-order valence-electron chi connectivity index (χ4n) is 1.24. The smallest absolute Gasteiger partial charge is 0.231 e. The summed E-state index contributed by atoms with van der Waals surface area (Å²) in [5, 5.41) is 11.8. The molecule has 0 heterocycles. The van der Waals surface area contributed by atoms with Crippen LogP contribution >= 0.6 is 11.8 Å². The van der Waals surface area contributed by atoms with Gasteiger partial charge in [-0.2, -0.15) is 0 Å². The van der Waals surface area contributed by atoms with Crippen LogP contribution in [-0.4, -0.2) is 34.2 Å². The Labute approximate surface area is 102 Å². The van der Waals surface area contributed by atoms with Crippen LogP contribution in [0.3, 0.4) is 0 Å². The van der Waals surface area contributed by atoms with Crippen LogP contribution in [0.25, 0.3) is 0 Å². The van der Waals surface area contributed by atoms with Gasteiger partial charge in [-0.15, -0.1) is 18.2 Å². The van der Waals surface area contributed by atoms with Gasteiger partial charge in [0.25, 0.3) is 0 Å². The number of hydrogen-bond donors (Lipinski definition) is 2. The Morgan fingerprint density at radius 2 is 2.12 bits per heavy atom. The summed E-state index contributed by atoms with van der Waals surface area (Å²) in [7, 11) is 0. The van der Waals surface area contributed by atoms with Crippen molar-refractivity contribution in [2.75, 3.05) is 12.4 Å². The van der Waals surface area contributed by atoms with Gasteiger partial charge in [0.15, 0.2) is 0 Å². The number of aliphatic hydroxyl groups is 1. The first-order chi connectivity index (χ1) is 7.53. The van der Waals surface area contributed by atoms with Gasteiger partial charge in [-0.25, -0.2) is 0 Å². The van der Waals surface area contributed by atoms with Gasteiger partial charge in [0, 0.05) is 5.25 Å². The molecular formula is C12H21NO2S. The zero-order chi connectivity index (χ0) is 12.6. The molecule has 0 aromatic rings. The first-order valence-corrected chi connectivity index (χ1v) is 6.59. The van der Waals surface area contributed by atoms with E-state index >= 15 is 0 Å². The number of thioether (sulfide) groups is 1. The van der Waals surface area contributed by atoms with Crippen LogP contribution in [0.4, 0.5) is 0 Å². The first-order valence-electron chi connectivity index (χ1n) is 5.54. The van der Waals surface area contributed by atoms with Crippen LogP contribution in [0.2, 0.25) is 0 Å². The Morgan fingerprint density at radius 1 is 1.56 bits per heavy atom. The molecule has 4 heteroatoms. The third-order valence-electron chi connectivity index (χ3n) is 2.62. The number of terminal acetylenes is 1. The Hall–Kier alpha value is -0.660. The van der Waals surface area contributed by atoms with Crippen molar-refractivity contribution in [2.24, 2.45) is 0 Å². The van der Waals surface area contributed by atoms with Crippen LogP contribution in [0, 0.1) is 12.3 Å². The largest absolute Gasteiger partial charge is 0.395 e. The highest BCUT2D eigenvalue weighted by molar-refractivity contribution is 8.00. The minimum atomic E-state index is -0.514. The molecule has 0 fully saturated rings. The average Bonchev–Trinajstić information content (AvgIpc) is 2.33. The summed E-state index contributed by atoms with van der Waals surface area (Å²) in [6.07, 6.45) is 6.90. The van der Waals surface area contributed by atoms with Crippen molar-refractivity contribution in [3.8, 4) is 12.3 Å². The van der Waals surface area contributed by atoms with E-state index in [1.54, 1.807) is 0 Å². The van der Waals surface area contributed by atoms with E-state index in [-0.39, 0.29) is 17.8 Å². The second kappa shape index (κ2) is 7.59. The Bertz CT molecular complexity index is 256. The van der Waals surface area contributed by atoms with Gasteiger partial charge in [0.1, 0.15) is 5.54 Å². The molecule has 0 rings (SSSR count).